The Hall–Kier alpha value is -3.00. The van der Waals surface area contributed by atoms with Crippen LogP contribution >= 0.6 is 11.6 Å². The molecule has 2 saturated heterocycles. The molecule has 8 nitrogen and oxygen atoms in total. The van der Waals surface area contributed by atoms with Gasteiger partial charge in [0.2, 0.25) is 0 Å². The van der Waals surface area contributed by atoms with Crippen molar-refractivity contribution in [1.82, 2.24) is 24.6 Å². The molecule has 0 N–H and O–H groups in total. The van der Waals surface area contributed by atoms with Gasteiger partial charge in [0.05, 0.1) is 30.1 Å². The summed E-state index contributed by atoms with van der Waals surface area (Å²) in [7, 11) is 3.54. The van der Waals surface area contributed by atoms with Crippen molar-refractivity contribution in [1.29, 1.82) is 0 Å². The summed E-state index contributed by atoms with van der Waals surface area (Å²) in [6.07, 6.45) is 3.65. The van der Waals surface area contributed by atoms with E-state index in [0.29, 0.717) is 11.6 Å². The number of methoxy groups -OCH3 is 1. The molecule has 0 bridgehead atoms. The maximum atomic E-state index is 12.6. The first-order valence-electron chi connectivity index (χ1n) is 11.0. The van der Waals surface area contributed by atoms with Gasteiger partial charge in [0.1, 0.15) is 5.75 Å². The van der Waals surface area contributed by atoms with E-state index in [1.165, 1.54) is 0 Å². The summed E-state index contributed by atoms with van der Waals surface area (Å²) in [4.78, 5) is 23.3. The van der Waals surface area contributed by atoms with Gasteiger partial charge in [-0.1, -0.05) is 23.7 Å². The monoisotopic (exact) mass is 454 g/mol. The molecule has 0 saturated carbocycles. The maximum Gasteiger partial charge on any atom is 0.320 e. The van der Waals surface area contributed by atoms with E-state index in [4.69, 9.17) is 21.4 Å². The molecule has 2 aliphatic rings. The van der Waals surface area contributed by atoms with E-state index in [0.717, 1.165) is 67.2 Å². The SMILES string of the molecule is COc1ccc(Cn2nc(N3CCC(N4CCCN(C)C4=O)C3)c3c(Cl)ccnc32)cc1. The van der Waals surface area contributed by atoms with Crippen molar-refractivity contribution in [3.63, 3.8) is 0 Å². The largest absolute Gasteiger partial charge is 0.497 e. The molecule has 1 unspecified atom stereocenters. The highest BCUT2D eigenvalue weighted by atomic mass is 35.5. The van der Waals surface area contributed by atoms with E-state index in [-0.39, 0.29) is 12.1 Å². The highest BCUT2D eigenvalue weighted by molar-refractivity contribution is 6.36. The van der Waals surface area contributed by atoms with Crippen molar-refractivity contribution < 1.29 is 9.53 Å². The molecular formula is C23H27ClN6O2. The Balaban J connectivity index is 1.43. The minimum Gasteiger partial charge on any atom is -0.497 e. The van der Waals surface area contributed by atoms with Crippen molar-refractivity contribution in [3.05, 3.63) is 47.1 Å². The summed E-state index contributed by atoms with van der Waals surface area (Å²) in [6, 6.07) is 10.1. The normalized spacial score (nSPS) is 19.3. The Labute approximate surface area is 192 Å². The molecule has 0 radical (unpaired) electrons. The zero-order chi connectivity index (χ0) is 22.2. The number of fused-ring (bicyclic) bond motifs is 1. The van der Waals surface area contributed by atoms with Gasteiger partial charge in [0.25, 0.3) is 0 Å². The quantitative estimate of drug-likeness (QED) is 0.590. The van der Waals surface area contributed by atoms with Crippen LogP contribution in [0.3, 0.4) is 0 Å². The third kappa shape index (κ3) is 3.72. The van der Waals surface area contributed by atoms with Crippen LogP contribution in [-0.2, 0) is 6.54 Å². The number of anilines is 1. The van der Waals surface area contributed by atoms with Crippen molar-refractivity contribution in [2.75, 3.05) is 45.2 Å². The number of pyridine rings is 1. The summed E-state index contributed by atoms with van der Waals surface area (Å²) in [5.74, 6) is 1.66. The first-order valence-corrected chi connectivity index (χ1v) is 11.3. The minimum atomic E-state index is 0.123. The lowest BCUT2D eigenvalue weighted by Crippen LogP contribution is -2.52. The molecule has 0 spiro atoms. The highest BCUT2D eigenvalue weighted by Crippen LogP contribution is 2.34. The number of aromatic nitrogens is 3. The van der Waals surface area contributed by atoms with Gasteiger partial charge in [-0.05, 0) is 36.6 Å². The molecule has 1 atom stereocenters. The zero-order valence-corrected chi connectivity index (χ0v) is 19.1. The van der Waals surface area contributed by atoms with Gasteiger partial charge in [-0.25, -0.2) is 14.5 Å². The maximum absolute atomic E-state index is 12.6. The molecule has 2 fully saturated rings. The topological polar surface area (TPSA) is 66.7 Å². The van der Waals surface area contributed by atoms with Crippen LogP contribution in [0.1, 0.15) is 18.4 Å². The average molecular weight is 455 g/mol. The predicted octanol–water partition coefficient (Wildman–Crippen LogP) is 3.48. The van der Waals surface area contributed by atoms with Crippen LogP contribution in [-0.4, -0.2) is 77.0 Å². The molecule has 1 aromatic carbocycles. The standard InChI is InChI=1S/C23H27ClN6O2/c1-27-11-3-12-29(23(27)31)17-9-13-28(15-17)22-20-19(24)8-10-25-21(20)30(26-22)14-16-4-6-18(32-2)7-5-16/h4-8,10,17H,3,9,11-15H2,1-2H3. The number of ether oxygens (including phenoxy) is 1. The Bertz CT molecular complexity index is 1130. The molecular weight excluding hydrogens is 428 g/mol. The second-order valence-corrected chi connectivity index (χ2v) is 8.87. The van der Waals surface area contributed by atoms with Gasteiger partial charge < -0.3 is 19.4 Å². The highest BCUT2D eigenvalue weighted by Gasteiger charge is 2.35. The summed E-state index contributed by atoms with van der Waals surface area (Å²) < 4.78 is 7.17. The van der Waals surface area contributed by atoms with Crippen molar-refractivity contribution in [2.24, 2.45) is 0 Å². The molecule has 2 aromatic heterocycles. The number of halogens is 1. The van der Waals surface area contributed by atoms with Gasteiger partial charge in [-0.3, -0.25) is 0 Å². The van der Waals surface area contributed by atoms with Gasteiger partial charge in [-0.15, -0.1) is 0 Å². The van der Waals surface area contributed by atoms with Gasteiger partial charge in [-0.2, -0.15) is 5.10 Å². The first kappa shape index (κ1) is 20.9. The van der Waals surface area contributed by atoms with Crippen molar-refractivity contribution in [2.45, 2.75) is 25.4 Å². The van der Waals surface area contributed by atoms with E-state index >= 15 is 0 Å². The van der Waals surface area contributed by atoms with Gasteiger partial charge in [0, 0.05) is 39.4 Å². The molecule has 0 aliphatic carbocycles. The average Bonchev–Trinajstić information content (AvgIpc) is 3.42. The van der Waals surface area contributed by atoms with Crippen LogP contribution in [0.25, 0.3) is 11.0 Å². The minimum absolute atomic E-state index is 0.123. The lowest BCUT2D eigenvalue weighted by molar-refractivity contribution is 0.123. The molecule has 5 rings (SSSR count). The van der Waals surface area contributed by atoms with Gasteiger partial charge >= 0.3 is 6.03 Å². The van der Waals surface area contributed by atoms with Crippen LogP contribution in [0, 0.1) is 0 Å². The van der Waals surface area contributed by atoms with E-state index in [1.807, 2.05) is 51.9 Å². The molecule has 168 valence electrons. The smallest absolute Gasteiger partial charge is 0.320 e. The van der Waals surface area contributed by atoms with Crippen LogP contribution in [0.15, 0.2) is 36.5 Å². The molecule has 3 aromatic rings. The number of nitrogens with zero attached hydrogens (tertiary/aromatic N) is 6. The lowest BCUT2D eigenvalue weighted by Gasteiger charge is -2.37. The van der Waals surface area contributed by atoms with Crippen LogP contribution in [0.2, 0.25) is 5.02 Å². The number of amides is 2. The first-order chi connectivity index (χ1) is 15.5. The molecule has 4 heterocycles. The summed E-state index contributed by atoms with van der Waals surface area (Å²) in [5.41, 5.74) is 1.87. The van der Waals surface area contributed by atoms with Crippen molar-refractivity contribution >= 4 is 34.5 Å². The van der Waals surface area contributed by atoms with Crippen LogP contribution in [0.4, 0.5) is 10.6 Å². The van der Waals surface area contributed by atoms with E-state index in [9.17, 15) is 4.79 Å². The molecule has 2 amide bonds. The fourth-order valence-electron chi connectivity index (χ4n) is 4.69. The fourth-order valence-corrected chi connectivity index (χ4v) is 4.92. The van der Waals surface area contributed by atoms with Gasteiger partial charge in [0.15, 0.2) is 11.5 Å². The lowest BCUT2D eigenvalue weighted by atomic mass is 10.2. The molecule has 2 aliphatic heterocycles. The number of urea groups is 1. The Morgan fingerprint density at radius 3 is 2.75 bits per heavy atom. The van der Waals surface area contributed by atoms with Crippen LogP contribution < -0.4 is 9.64 Å². The van der Waals surface area contributed by atoms with E-state index < -0.39 is 0 Å². The number of benzene rings is 1. The van der Waals surface area contributed by atoms with Crippen LogP contribution in [0.5, 0.6) is 5.75 Å². The Morgan fingerprint density at radius 2 is 1.97 bits per heavy atom. The number of hydrogen-bond donors (Lipinski definition) is 0. The third-order valence-corrected chi connectivity index (χ3v) is 6.74. The second kappa shape index (κ2) is 8.50. The number of rotatable bonds is 5. The second-order valence-electron chi connectivity index (χ2n) is 8.46. The Kier molecular flexibility index (Phi) is 5.55. The summed E-state index contributed by atoms with van der Waals surface area (Å²) >= 11 is 6.62. The zero-order valence-electron chi connectivity index (χ0n) is 18.4. The molecule has 9 heteroatoms. The van der Waals surface area contributed by atoms with E-state index in [1.54, 1.807) is 13.3 Å². The fraction of sp³-hybridized carbons (Fsp3) is 0.435. The number of carbonyl (C=O) groups excluding carboxylic acids is 1. The van der Waals surface area contributed by atoms with E-state index in [2.05, 4.69) is 9.88 Å². The van der Waals surface area contributed by atoms with Crippen molar-refractivity contribution in [3.8, 4) is 5.75 Å². The number of hydrogen-bond acceptors (Lipinski definition) is 5. The Morgan fingerprint density at radius 1 is 1.16 bits per heavy atom. The molecule has 32 heavy (non-hydrogen) atoms. The predicted molar refractivity (Wildman–Crippen MR) is 125 cm³/mol. The number of carbonyl (C=O) groups is 1. The third-order valence-electron chi connectivity index (χ3n) is 6.42. The summed E-state index contributed by atoms with van der Waals surface area (Å²) in [6.45, 7) is 3.81. The summed E-state index contributed by atoms with van der Waals surface area (Å²) in [5, 5.41) is 6.44.